The van der Waals surface area contributed by atoms with Crippen LogP contribution >= 0.6 is 0 Å². The van der Waals surface area contributed by atoms with Crippen LogP contribution in [0.15, 0.2) is 30.3 Å². The van der Waals surface area contributed by atoms with Crippen LogP contribution in [-0.4, -0.2) is 65.3 Å². The minimum Gasteiger partial charge on any atom is -0.497 e. The number of ether oxygens (including phenoxy) is 1. The summed E-state index contributed by atoms with van der Waals surface area (Å²) < 4.78 is 6.86. The van der Waals surface area contributed by atoms with Crippen LogP contribution in [-0.2, 0) is 13.5 Å². The molecule has 1 fully saturated rings. The molecule has 1 aromatic carbocycles. The summed E-state index contributed by atoms with van der Waals surface area (Å²) in [6, 6.07) is 10.1. The molecular weight excluding hydrogens is 316 g/mol. The number of hydrogen-bond donors (Lipinski definition) is 0. The zero-order chi connectivity index (χ0) is 17.8. The van der Waals surface area contributed by atoms with E-state index in [1.54, 1.807) is 11.8 Å². The first-order chi connectivity index (χ1) is 12.1. The molecule has 2 aromatic rings. The first-order valence-electron chi connectivity index (χ1n) is 8.72. The molecule has 1 aromatic heterocycles. The molecule has 134 valence electrons. The molecule has 0 spiro atoms. The molecule has 0 unspecified atom stereocenters. The summed E-state index contributed by atoms with van der Waals surface area (Å²) in [6.45, 7) is 6.29. The third kappa shape index (κ3) is 4.20. The van der Waals surface area contributed by atoms with Crippen LogP contribution in [0.2, 0.25) is 0 Å². The van der Waals surface area contributed by atoms with E-state index < -0.39 is 0 Å². The molecule has 0 atom stereocenters. The van der Waals surface area contributed by atoms with Crippen LogP contribution in [0.25, 0.3) is 0 Å². The number of nitrogens with zero attached hydrogens (tertiary/aromatic N) is 4. The predicted molar refractivity (Wildman–Crippen MR) is 97.0 cm³/mol. The summed E-state index contributed by atoms with van der Waals surface area (Å²) in [7, 11) is 3.51. The van der Waals surface area contributed by atoms with E-state index in [4.69, 9.17) is 4.74 Å². The first kappa shape index (κ1) is 17.5. The Bertz CT molecular complexity index is 716. The molecule has 1 aliphatic rings. The van der Waals surface area contributed by atoms with E-state index in [2.05, 4.69) is 22.1 Å². The van der Waals surface area contributed by atoms with Gasteiger partial charge in [-0.15, -0.1) is 0 Å². The second kappa shape index (κ2) is 7.70. The van der Waals surface area contributed by atoms with E-state index in [-0.39, 0.29) is 5.91 Å². The lowest BCUT2D eigenvalue weighted by atomic mass is 10.1. The van der Waals surface area contributed by atoms with Crippen molar-refractivity contribution in [2.24, 2.45) is 7.05 Å². The highest BCUT2D eigenvalue weighted by Crippen LogP contribution is 2.13. The highest BCUT2D eigenvalue weighted by Gasteiger charge is 2.24. The van der Waals surface area contributed by atoms with Crippen molar-refractivity contribution >= 4 is 5.91 Å². The van der Waals surface area contributed by atoms with Gasteiger partial charge in [-0.25, -0.2) is 0 Å². The molecule has 1 amide bonds. The number of carbonyl (C=O) groups excluding carboxylic acids is 1. The second-order valence-corrected chi connectivity index (χ2v) is 6.53. The van der Waals surface area contributed by atoms with Crippen molar-refractivity contribution in [3.63, 3.8) is 0 Å². The van der Waals surface area contributed by atoms with Gasteiger partial charge in [-0.1, -0.05) is 12.1 Å². The fourth-order valence-corrected chi connectivity index (χ4v) is 3.23. The number of piperazine rings is 1. The Hall–Kier alpha value is -2.34. The quantitative estimate of drug-likeness (QED) is 0.830. The molecule has 0 N–H and O–H groups in total. The third-order valence-corrected chi connectivity index (χ3v) is 4.76. The SMILES string of the molecule is COc1ccc(CCN2CCN(C(=O)c3cc(C)nn3C)CC2)cc1. The minimum absolute atomic E-state index is 0.0814. The number of hydrogen-bond acceptors (Lipinski definition) is 4. The van der Waals surface area contributed by atoms with Crippen molar-refractivity contribution in [2.45, 2.75) is 13.3 Å². The maximum atomic E-state index is 12.6. The van der Waals surface area contributed by atoms with Gasteiger partial charge in [0.15, 0.2) is 0 Å². The average molecular weight is 342 g/mol. The van der Waals surface area contributed by atoms with E-state index in [0.717, 1.165) is 50.6 Å². The van der Waals surface area contributed by atoms with Gasteiger partial charge < -0.3 is 9.64 Å². The number of rotatable bonds is 5. The highest BCUT2D eigenvalue weighted by atomic mass is 16.5. The molecule has 6 nitrogen and oxygen atoms in total. The van der Waals surface area contributed by atoms with Crippen LogP contribution in [0.3, 0.4) is 0 Å². The molecule has 25 heavy (non-hydrogen) atoms. The lowest BCUT2D eigenvalue weighted by molar-refractivity contribution is 0.0627. The molecule has 0 radical (unpaired) electrons. The van der Waals surface area contributed by atoms with Crippen LogP contribution < -0.4 is 4.74 Å². The fourth-order valence-electron chi connectivity index (χ4n) is 3.23. The molecule has 0 aliphatic carbocycles. The Labute approximate surface area is 149 Å². The van der Waals surface area contributed by atoms with E-state index in [1.807, 2.05) is 37.1 Å². The van der Waals surface area contributed by atoms with Crippen molar-refractivity contribution in [1.29, 1.82) is 0 Å². The number of carbonyl (C=O) groups is 1. The molecule has 0 saturated carbocycles. The number of aryl methyl sites for hydroxylation is 2. The zero-order valence-electron chi connectivity index (χ0n) is 15.2. The maximum absolute atomic E-state index is 12.6. The van der Waals surface area contributed by atoms with E-state index >= 15 is 0 Å². The molecular formula is C19H26N4O2. The second-order valence-electron chi connectivity index (χ2n) is 6.53. The summed E-state index contributed by atoms with van der Waals surface area (Å²) in [5, 5.41) is 4.27. The number of amides is 1. The lowest BCUT2D eigenvalue weighted by Gasteiger charge is -2.34. The van der Waals surface area contributed by atoms with Gasteiger partial charge >= 0.3 is 0 Å². The van der Waals surface area contributed by atoms with Crippen molar-refractivity contribution in [1.82, 2.24) is 19.6 Å². The minimum atomic E-state index is 0.0814. The first-order valence-corrected chi connectivity index (χ1v) is 8.72. The van der Waals surface area contributed by atoms with Gasteiger partial charge in [-0.05, 0) is 37.1 Å². The van der Waals surface area contributed by atoms with Crippen molar-refractivity contribution in [3.05, 3.63) is 47.3 Å². The van der Waals surface area contributed by atoms with Crippen LogP contribution in [0, 0.1) is 6.92 Å². The van der Waals surface area contributed by atoms with Gasteiger partial charge in [0.25, 0.3) is 5.91 Å². The van der Waals surface area contributed by atoms with Gasteiger partial charge in [0.1, 0.15) is 11.4 Å². The Kier molecular flexibility index (Phi) is 5.38. The van der Waals surface area contributed by atoms with E-state index in [1.165, 1.54) is 5.56 Å². The van der Waals surface area contributed by atoms with Gasteiger partial charge in [0, 0.05) is 39.8 Å². The maximum Gasteiger partial charge on any atom is 0.272 e. The Morgan fingerprint density at radius 2 is 1.84 bits per heavy atom. The molecule has 1 saturated heterocycles. The third-order valence-electron chi connectivity index (χ3n) is 4.76. The molecule has 2 heterocycles. The smallest absolute Gasteiger partial charge is 0.272 e. The standard InChI is InChI=1S/C19H26N4O2/c1-15-14-18(21(2)20-15)19(24)23-12-10-22(11-13-23)9-8-16-4-6-17(25-3)7-5-16/h4-7,14H,8-13H2,1-3H3. The number of methoxy groups -OCH3 is 1. The normalized spacial score (nSPS) is 15.4. The molecule has 0 bridgehead atoms. The summed E-state index contributed by atoms with van der Waals surface area (Å²) in [5.74, 6) is 0.971. The Morgan fingerprint density at radius 3 is 2.40 bits per heavy atom. The van der Waals surface area contributed by atoms with Gasteiger partial charge in [-0.2, -0.15) is 5.10 Å². The van der Waals surface area contributed by atoms with Crippen molar-refractivity contribution in [3.8, 4) is 5.75 Å². The summed E-state index contributed by atoms with van der Waals surface area (Å²) in [5.41, 5.74) is 2.86. The monoisotopic (exact) mass is 342 g/mol. The summed E-state index contributed by atoms with van der Waals surface area (Å²) in [4.78, 5) is 17.0. The zero-order valence-corrected chi connectivity index (χ0v) is 15.2. The predicted octanol–water partition coefficient (Wildman–Crippen LogP) is 1.74. The lowest BCUT2D eigenvalue weighted by Crippen LogP contribution is -2.49. The topological polar surface area (TPSA) is 50.6 Å². The van der Waals surface area contributed by atoms with Gasteiger partial charge in [0.05, 0.1) is 12.8 Å². The Balaban J connectivity index is 1.48. The van der Waals surface area contributed by atoms with Gasteiger partial charge in [0.2, 0.25) is 0 Å². The largest absolute Gasteiger partial charge is 0.497 e. The van der Waals surface area contributed by atoms with E-state index in [0.29, 0.717) is 5.69 Å². The van der Waals surface area contributed by atoms with Crippen LogP contribution in [0.1, 0.15) is 21.7 Å². The number of benzene rings is 1. The van der Waals surface area contributed by atoms with Crippen molar-refractivity contribution < 1.29 is 9.53 Å². The summed E-state index contributed by atoms with van der Waals surface area (Å²) >= 11 is 0. The molecule has 1 aliphatic heterocycles. The van der Waals surface area contributed by atoms with Crippen LogP contribution in [0.5, 0.6) is 5.75 Å². The Morgan fingerprint density at radius 1 is 1.16 bits per heavy atom. The molecule has 6 heteroatoms. The fraction of sp³-hybridized carbons (Fsp3) is 0.474. The van der Waals surface area contributed by atoms with E-state index in [9.17, 15) is 4.79 Å². The number of aromatic nitrogens is 2. The van der Waals surface area contributed by atoms with Gasteiger partial charge in [-0.3, -0.25) is 14.4 Å². The van der Waals surface area contributed by atoms with Crippen LogP contribution in [0.4, 0.5) is 0 Å². The molecule has 3 rings (SSSR count). The average Bonchev–Trinajstić information content (AvgIpc) is 2.98. The summed E-state index contributed by atoms with van der Waals surface area (Å²) in [6.07, 6.45) is 1.01. The highest BCUT2D eigenvalue weighted by molar-refractivity contribution is 5.92. The van der Waals surface area contributed by atoms with Crippen molar-refractivity contribution in [2.75, 3.05) is 39.8 Å².